The van der Waals surface area contributed by atoms with Crippen LogP contribution in [0.5, 0.6) is 0 Å². The number of ether oxygens (including phenoxy) is 1. The van der Waals surface area contributed by atoms with Crippen LogP contribution in [-0.4, -0.2) is 22.9 Å². The maximum Gasteiger partial charge on any atom is 0.230 e. The van der Waals surface area contributed by atoms with E-state index in [1.54, 1.807) is 0 Å². The van der Waals surface area contributed by atoms with Gasteiger partial charge in [0.2, 0.25) is 5.89 Å². The van der Waals surface area contributed by atoms with E-state index in [9.17, 15) is 0 Å². The van der Waals surface area contributed by atoms with Crippen LogP contribution in [0.15, 0.2) is 4.52 Å². The lowest BCUT2D eigenvalue weighted by molar-refractivity contribution is -0.00549. The minimum absolute atomic E-state index is 0.246. The quantitative estimate of drug-likeness (QED) is 0.897. The Morgan fingerprint density at radius 2 is 2.15 bits per heavy atom. The number of rotatable bonds is 5. The Labute approximate surface area is 120 Å². The van der Waals surface area contributed by atoms with Crippen molar-refractivity contribution >= 4 is 0 Å². The van der Waals surface area contributed by atoms with Gasteiger partial charge >= 0.3 is 0 Å². The molecule has 112 valence electrons. The van der Waals surface area contributed by atoms with Gasteiger partial charge in [-0.25, -0.2) is 0 Å². The van der Waals surface area contributed by atoms with Gasteiger partial charge in [-0.2, -0.15) is 4.98 Å². The molecule has 3 rings (SSSR count). The van der Waals surface area contributed by atoms with Crippen LogP contribution in [0, 0.1) is 5.41 Å². The van der Waals surface area contributed by atoms with Crippen LogP contribution in [0.2, 0.25) is 0 Å². The largest absolute Gasteiger partial charge is 0.376 e. The third-order valence-electron chi connectivity index (χ3n) is 4.91. The lowest BCUT2D eigenvalue weighted by atomic mass is 9.82. The van der Waals surface area contributed by atoms with E-state index in [2.05, 4.69) is 24.0 Å². The molecule has 0 radical (unpaired) electrons. The van der Waals surface area contributed by atoms with E-state index >= 15 is 0 Å². The van der Waals surface area contributed by atoms with Crippen LogP contribution >= 0.6 is 0 Å². The summed E-state index contributed by atoms with van der Waals surface area (Å²) in [5.41, 5.74) is 6.34. The van der Waals surface area contributed by atoms with E-state index in [4.69, 9.17) is 15.0 Å². The van der Waals surface area contributed by atoms with E-state index < -0.39 is 0 Å². The molecule has 0 spiro atoms. The van der Waals surface area contributed by atoms with E-state index in [1.165, 1.54) is 19.3 Å². The summed E-state index contributed by atoms with van der Waals surface area (Å²) in [4.78, 5) is 4.53. The Morgan fingerprint density at radius 3 is 2.75 bits per heavy atom. The molecule has 5 nitrogen and oxygen atoms in total. The van der Waals surface area contributed by atoms with E-state index in [-0.39, 0.29) is 11.5 Å². The summed E-state index contributed by atoms with van der Waals surface area (Å²) < 4.78 is 11.2. The number of nitrogens with zero attached hydrogens (tertiary/aromatic N) is 2. The van der Waals surface area contributed by atoms with Gasteiger partial charge in [-0.3, -0.25) is 0 Å². The molecule has 1 heterocycles. The number of aromatic nitrogens is 2. The molecule has 2 unspecified atom stereocenters. The molecular formula is C15H25N3O2. The van der Waals surface area contributed by atoms with Crippen molar-refractivity contribution < 1.29 is 9.26 Å². The zero-order valence-electron chi connectivity index (χ0n) is 12.5. The lowest BCUT2D eigenvalue weighted by Gasteiger charge is -2.26. The molecule has 0 saturated heterocycles. The van der Waals surface area contributed by atoms with Crippen molar-refractivity contribution in [2.45, 2.75) is 70.4 Å². The van der Waals surface area contributed by atoms with Gasteiger partial charge in [0.1, 0.15) is 0 Å². The summed E-state index contributed by atoms with van der Waals surface area (Å²) in [6, 6.07) is -0.280. The molecule has 5 heteroatoms. The van der Waals surface area contributed by atoms with Gasteiger partial charge in [0.05, 0.1) is 18.8 Å². The predicted octanol–water partition coefficient (Wildman–Crippen LogP) is 2.93. The Morgan fingerprint density at radius 1 is 1.35 bits per heavy atom. The number of nitrogens with two attached hydrogens (primary N) is 1. The average Bonchev–Trinajstić information content (AvgIpc) is 2.92. The number of hydrogen-bond donors (Lipinski definition) is 1. The fraction of sp³-hybridized carbons (Fsp3) is 0.867. The van der Waals surface area contributed by atoms with Gasteiger partial charge in [-0.05, 0) is 37.5 Å². The summed E-state index contributed by atoms with van der Waals surface area (Å²) in [7, 11) is 0. The molecule has 0 amide bonds. The van der Waals surface area contributed by atoms with Gasteiger partial charge in [0.25, 0.3) is 0 Å². The Hall–Kier alpha value is -0.940. The van der Waals surface area contributed by atoms with Crippen LogP contribution in [-0.2, 0) is 4.74 Å². The molecule has 0 bridgehead atoms. The molecule has 1 aromatic rings. The SMILES string of the molecule is CC1(C)CCCC1c1nc(C(N)COC2CCC2)no1. The summed E-state index contributed by atoms with van der Waals surface area (Å²) >= 11 is 0. The van der Waals surface area contributed by atoms with Gasteiger partial charge in [-0.1, -0.05) is 25.4 Å². The monoisotopic (exact) mass is 279 g/mol. The number of hydrogen-bond acceptors (Lipinski definition) is 5. The van der Waals surface area contributed by atoms with Gasteiger partial charge in [0, 0.05) is 5.92 Å². The summed E-state index contributed by atoms with van der Waals surface area (Å²) in [6.07, 6.45) is 7.53. The van der Waals surface area contributed by atoms with Crippen molar-refractivity contribution in [3.05, 3.63) is 11.7 Å². The molecule has 2 aliphatic rings. The molecule has 2 saturated carbocycles. The highest BCUT2D eigenvalue weighted by atomic mass is 16.5. The summed E-state index contributed by atoms with van der Waals surface area (Å²) in [6.45, 7) is 5.03. The van der Waals surface area contributed by atoms with Crippen molar-refractivity contribution in [1.29, 1.82) is 0 Å². The average molecular weight is 279 g/mol. The van der Waals surface area contributed by atoms with Crippen LogP contribution < -0.4 is 5.73 Å². The molecule has 2 aliphatic carbocycles. The highest BCUT2D eigenvalue weighted by Crippen LogP contribution is 2.48. The Balaban J connectivity index is 1.60. The van der Waals surface area contributed by atoms with E-state index in [0.717, 1.165) is 25.2 Å². The molecule has 20 heavy (non-hydrogen) atoms. The third kappa shape index (κ3) is 2.74. The van der Waals surface area contributed by atoms with E-state index in [0.29, 0.717) is 24.5 Å². The highest BCUT2D eigenvalue weighted by Gasteiger charge is 2.39. The van der Waals surface area contributed by atoms with E-state index in [1.807, 2.05) is 0 Å². The molecular weight excluding hydrogens is 254 g/mol. The Kier molecular flexibility index (Phi) is 3.82. The van der Waals surface area contributed by atoms with Crippen molar-refractivity contribution in [1.82, 2.24) is 10.1 Å². The maximum atomic E-state index is 6.09. The first-order valence-corrected chi connectivity index (χ1v) is 7.77. The summed E-state index contributed by atoms with van der Waals surface area (Å²) in [5, 5.41) is 4.06. The summed E-state index contributed by atoms with van der Waals surface area (Å²) in [5.74, 6) is 1.70. The smallest absolute Gasteiger partial charge is 0.230 e. The maximum absolute atomic E-state index is 6.09. The molecule has 1 aromatic heterocycles. The Bertz CT molecular complexity index is 454. The second-order valence-corrected chi connectivity index (χ2v) is 6.92. The standard InChI is InChI=1S/C15H25N3O2/c1-15(2)8-4-7-11(15)14-17-13(18-20-14)12(16)9-19-10-5-3-6-10/h10-12H,3-9,16H2,1-2H3. The van der Waals surface area contributed by atoms with Crippen LogP contribution in [0.3, 0.4) is 0 Å². The molecule has 0 aliphatic heterocycles. The van der Waals surface area contributed by atoms with Gasteiger partial charge in [-0.15, -0.1) is 0 Å². The first kappa shape index (κ1) is 14.0. The van der Waals surface area contributed by atoms with Gasteiger partial charge < -0.3 is 15.0 Å². The topological polar surface area (TPSA) is 74.2 Å². The molecule has 2 atom stereocenters. The minimum atomic E-state index is -0.280. The second kappa shape index (κ2) is 5.45. The zero-order chi connectivity index (χ0) is 14.2. The van der Waals surface area contributed by atoms with Crippen molar-refractivity contribution in [2.24, 2.45) is 11.1 Å². The molecule has 2 N–H and O–H groups in total. The molecule has 0 aromatic carbocycles. The normalized spacial score (nSPS) is 27.4. The second-order valence-electron chi connectivity index (χ2n) is 6.92. The first-order chi connectivity index (χ1) is 9.56. The van der Waals surface area contributed by atoms with Crippen molar-refractivity contribution in [2.75, 3.05) is 6.61 Å². The van der Waals surface area contributed by atoms with Crippen LogP contribution in [0.25, 0.3) is 0 Å². The predicted molar refractivity (Wildman–Crippen MR) is 75.2 cm³/mol. The molecule has 2 fully saturated rings. The van der Waals surface area contributed by atoms with Gasteiger partial charge in [0.15, 0.2) is 5.82 Å². The van der Waals surface area contributed by atoms with Crippen molar-refractivity contribution in [3.63, 3.8) is 0 Å². The highest BCUT2D eigenvalue weighted by molar-refractivity contribution is 5.05. The zero-order valence-corrected chi connectivity index (χ0v) is 12.5. The lowest BCUT2D eigenvalue weighted by Crippen LogP contribution is -2.27. The van der Waals surface area contributed by atoms with Crippen LogP contribution in [0.4, 0.5) is 0 Å². The minimum Gasteiger partial charge on any atom is -0.376 e. The van der Waals surface area contributed by atoms with Crippen molar-refractivity contribution in [3.8, 4) is 0 Å². The fourth-order valence-corrected chi connectivity index (χ4v) is 3.18. The van der Waals surface area contributed by atoms with Crippen LogP contribution in [0.1, 0.15) is 76.0 Å². The fourth-order valence-electron chi connectivity index (χ4n) is 3.18. The third-order valence-corrected chi connectivity index (χ3v) is 4.91. The first-order valence-electron chi connectivity index (χ1n) is 7.77.